The van der Waals surface area contributed by atoms with Crippen LogP contribution in [0.3, 0.4) is 0 Å². The fourth-order valence-electron chi connectivity index (χ4n) is 1.33. The third-order valence-electron chi connectivity index (χ3n) is 2.09. The number of ether oxygens (including phenoxy) is 1. The Balaban J connectivity index is 2.78. The molecule has 0 heterocycles. The maximum absolute atomic E-state index is 11.9. The van der Waals surface area contributed by atoms with Crippen LogP contribution in [0.1, 0.15) is 26.3 Å². The van der Waals surface area contributed by atoms with Gasteiger partial charge in [-0.2, -0.15) is 0 Å². The van der Waals surface area contributed by atoms with Crippen molar-refractivity contribution >= 4 is 12.1 Å². The SMILES string of the molecule is CC(C)(C)OC(=O)N(Cc1ccccc1)C(=N)N. The fourth-order valence-corrected chi connectivity index (χ4v) is 1.33. The van der Waals surface area contributed by atoms with Crippen LogP contribution in [-0.4, -0.2) is 22.6 Å². The molecule has 1 amide bonds. The normalized spacial score (nSPS) is 10.8. The second kappa shape index (κ2) is 5.53. The van der Waals surface area contributed by atoms with Crippen LogP contribution in [-0.2, 0) is 11.3 Å². The molecule has 0 atom stereocenters. The first-order chi connectivity index (χ1) is 8.29. The molecule has 0 aromatic heterocycles. The predicted molar refractivity (Wildman–Crippen MR) is 70.1 cm³/mol. The summed E-state index contributed by atoms with van der Waals surface area (Å²) in [5.74, 6) is -0.326. The summed E-state index contributed by atoms with van der Waals surface area (Å²) in [5, 5.41) is 7.44. The van der Waals surface area contributed by atoms with Crippen LogP contribution in [0.5, 0.6) is 0 Å². The maximum atomic E-state index is 11.9. The summed E-state index contributed by atoms with van der Waals surface area (Å²) < 4.78 is 5.20. The van der Waals surface area contributed by atoms with Gasteiger partial charge in [-0.1, -0.05) is 30.3 Å². The largest absolute Gasteiger partial charge is 0.443 e. The highest BCUT2D eigenvalue weighted by Crippen LogP contribution is 2.12. The molecule has 1 rings (SSSR count). The van der Waals surface area contributed by atoms with Crippen molar-refractivity contribution in [2.24, 2.45) is 5.73 Å². The molecule has 1 aromatic carbocycles. The Hall–Kier alpha value is -2.04. The minimum absolute atomic E-state index is 0.227. The molecule has 0 unspecified atom stereocenters. The molecule has 0 bridgehead atoms. The highest BCUT2D eigenvalue weighted by atomic mass is 16.6. The minimum atomic E-state index is -0.612. The number of nitrogens with one attached hydrogen (secondary N) is 1. The monoisotopic (exact) mass is 249 g/mol. The molecule has 0 aliphatic heterocycles. The summed E-state index contributed by atoms with van der Waals surface area (Å²) in [5.41, 5.74) is 5.69. The first-order valence-electron chi connectivity index (χ1n) is 5.68. The Morgan fingerprint density at radius 3 is 2.33 bits per heavy atom. The molecule has 0 fully saturated rings. The molecular formula is C13H19N3O2. The van der Waals surface area contributed by atoms with Crippen molar-refractivity contribution in [1.29, 1.82) is 5.41 Å². The lowest BCUT2D eigenvalue weighted by Crippen LogP contribution is -2.43. The first kappa shape index (κ1) is 14.0. The van der Waals surface area contributed by atoms with Crippen molar-refractivity contribution in [3.63, 3.8) is 0 Å². The van der Waals surface area contributed by atoms with E-state index in [9.17, 15) is 4.79 Å². The van der Waals surface area contributed by atoms with Crippen molar-refractivity contribution in [2.45, 2.75) is 32.9 Å². The summed E-state index contributed by atoms with van der Waals surface area (Å²) in [6, 6.07) is 9.33. The van der Waals surface area contributed by atoms with Crippen LogP contribution in [0.2, 0.25) is 0 Å². The van der Waals surface area contributed by atoms with E-state index in [0.29, 0.717) is 0 Å². The molecule has 98 valence electrons. The summed E-state index contributed by atoms with van der Waals surface area (Å²) in [6.07, 6.45) is -0.612. The average molecular weight is 249 g/mol. The molecule has 0 saturated heterocycles. The van der Waals surface area contributed by atoms with Gasteiger partial charge in [0.25, 0.3) is 0 Å². The van der Waals surface area contributed by atoms with Gasteiger partial charge in [-0.3, -0.25) is 5.41 Å². The Labute approximate surface area is 107 Å². The summed E-state index contributed by atoms with van der Waals surface area (Å²) in [6.45, 7) is 5.54. The Bertz CT molecular complexity index is 424. The van der Waals surface area contributed by atoms with Crippen LogP contribution in [0, 0.1) is 5.41 Å². The number of amides is 1. The zero-order chi connectivity index (χ0) is 13.8. The van der Waals surface area contributed by atoms with E-state index in [4.69, 9.17) is 15.9 Å². The molecule has 0 radical (unpaired) electrons. The van der Waals surface area contributed by atoms with E-state index in [0.717, 1.165) is 10.5 Å². The zero-order valence-electron chi connectivity index (χ0n) is 10.9. The lowest BCUT2D eigenvalue weighted by Gasteiger charge is -2.26. The van der Waals surface area contributed by atoms with E-state index in [2.05, 4.69) is 0 Å². The molecule has 0 aliphatic carbocycles. The number of carbonyl (C=O) groups is 1. The van der Waals surface area contributed by atoms with Gasteiger partial charge in [0.1, 0.15) is 5.60 Å². The fraction of sp³-hybridized carbons (Fsp3) is 0.385. The summed E-state index contributed by atoms with van der Waals surface area (Å²) in [7, 11) is 0. The molecular weight excluding hydrogens is 230 g/mol. The average Bonchev–Trinajstić information content (AvgIpc) is 2.24. The highest BCUT2D eigenvalue weighted by molar-refractivity contribution is 5.91. The second-order valence-corrected chi connectivity index (χ2v) is 4.94. The minimum Gasteiger partial charge on any atom is -0.443 e. The molecule has 3 N–H and O–H groups in total. The molecule has 0 saturated carbocycles. The summed E-state index contributed by atoms with van der Waals surface area (Å²) in [4.78, 5) is 13.0. The Morgan fingerprint density at radius 1 is 1.33 bits per heavy atom. The lowest BCUT2D eigenvalue weighted by molar-refractivity contribution is 0.0356. The Kier molecular flexibility index (Phi) is 4.31. The molecule has 5 heteroatoms. The van der Waals surface area contributed by atoms with Gasteiger partial charge in [-0.05, 0) is 26.3 Å². The van der Waals surface area contributed by atoms with E-state index < -0.39 is 11.7 Å². The smallest absolute Gasteiger partial charge is 0.417 e. The van der Waals surface area contributed by atoms with Crippen LogP contribution in [0.25, 0.3) is 0 Å². The van der Waals surface area contributed by atoms with E-state index in [1.165, 1.54) is 0 Å². The predicted octanol–water partition coefficient (Wildman–Crippen LogP) is 2.32. The van der Waals surface area contributed by atoms with Gasteiger partial charge in [-0.25, -0.2) is 9.69 Å². The van der Waals surface area contributed by atoms with Crippen LogP contribution in [0.4, 0.5) is 4.79 Å². The Morgan fingerprint density at radius 2 is 1.89 bits per heavy atom. The van der Waals surface area contributed by atoms with Crippen molar-refractivity contribution in [2.75, 3.05) is 0 Å². The highest BCUT2D eigenvalue weighted by Gasteiger charge is 2.24. The van der Waals surface area contributed by atoms with E-state index in [1.54, 1.807) is 20.8 Å². The van der Waals surface area contributed by atoms with Gasteiger partial charge in [-0.15, -0.1) is 0 Å². The van der Waals surface area contributed by atoms with Crippen LogP contribution in [0.15, 0.2) is 30.3 Å². The van der Waals surface area contributed by atoms with E-state index in [1.807, 2.05) is 30.3 Å². The number of hydrogen-bond donors (Lipinski definition) is 2. The second-order valence-electron chi connectivity index (χ2n) is 4.94. The quantitative estimate of drug-likeness (QED) is 0.623. The topological polar surface area (TPSA) is 79.4 Å². The number of nitrogens with two attached hydrogens (primary N) is 1. The van der Waals surface area contributed by atoms with Gasteiger partial charge in [0, 0.05) is 0 Å². The van der Waals surface area contributed by atoms with Crippen molar-refractivity contribution < 1.29 is 9.53 Å². The molecule has 18 heavy (non-hydrogen) atoms. The number of hydrogen-bond acceptors (Lipinski definition) is 3. The lowest BCUT2D eigenvalue weighted by atomic mass is 10.2. The standard InChI is InChI=1S/C13H19N3O2/c1-13(2,3)18-12(17)16(11(14)15)9-10-7-5-4-6-8-10/h4-8H,9H2,1-3H3,(H3,14,15). The zero-order valence-corrected chi connectivity index (χ0v) is 10.9. The van der Waals surface area contributed by atoms with Gasteiger partial charge >= 0.3 is 6.09 Å². The number of benzene rings is 1. The molecule has 0 spiro atoms. The van der Waals surface area contributed by atoms with E-state index >= 15 is 0 Å². The molecule has 5 nitrogen and oxygen atoms in total. The van der Waals surface area contributed by atoms with Crippen LogP contribution < -0.4 is 5.73 Å². The van der Waals surface area contributed by atoms with Gasteiger partial charge in [0.2, 0.25) is 0 Å². The number of nitrogens with zero attached hydrogens (tertiary/aromatic N) is 1. The van der Waals surface area contributed by atoms with Gasteiger partial charge < -0.3 is 10.5 Å². The van der Waals surface area contributed by atoms with Gasteiger partial charge in [0.15, 0.2) is 5.96 Å². The number of carbonyl (C=O) groups excluding carboxylic acids is 1. The third kappa shape index (κ3) is 4.45. The number of guanidine groups is 1. The molecule has 0 aliphatic rings. The molecule has 1 aromatic rings. The van der Waals surface area contributed by atoms with Crippen LogP contribution >= 0.6 is 0 Å². The van der Waals surface area contributed by atoms with E-state index in [-0.39, 0.29) is 12.5 Å². The van der Waals surface area contributed by atoms with Crippen molar-refractivity contribution in [3.8, 4) is 0 Å². The maximum Gasteiger partial charge on any atom is 0.417 e. The van der Waals surface area contributed by atoms with Crippen molar-refractivity contribution in [3.05, 3.63) is 35.9 Å². The summed E-state index contributed by atoms with van der Waals surface area (Å²) >= 11 is 0. The number of rotatable bonds is 2. The third-order valence-corrected chi connectivity index (χ3v) is 2.09. The van der Waals surface area contributed by atoms with Crippen molar-refractivity contribution in [1.82, 2.24) is 4.90 Å². The first-order valence-corrected chi connectivity index (χ1v) is 5.68. The van der Waals surface area contributed by atoms with Gasteiger partial charge in [0.05, 0.1) is 6.54 Å².